The molecular weight excluding hydrogens is 117 g/mol. The summed E-state index contributed by atoms with van der Waals surface area (Å²) in [5, 5.41) is 1.28. The molecule has 0 aliphatic rings. The predicted octanol–water partition coefficient (Wildman–Crippen LogP) is 1.52. The van der Waals surface area contributed by atoms with E-state index in [0.717, 1.165) is 0 Å². The average Bonchev–Trinajstić information content (AvgIpc) is 2.33. The maximum Gasteiger partial charge on any atom is 0.0453 e. The van der Waals surface area contributed by atoms with Crippen molar-refractivity contribution < 1.29 is 0 Å². The van der Waals surface area contributed by atoms with Crippen molar-refractivity contribution in [2.24, 2.45) is 0 Å². The first-order chi connectivity index (χ1) is 4.47. The summed E-state index contributed by atoms with van der Waals surface area (Å²) in [7, 11) is 0. The van der Waals surface area contributed by atoms with Crippen LogP contribution in [-0.4, -0.2) is 23.8 Å². The maximum atomic E-state index is 3.12. The molecule has 0 amide bonds. The molecule has 0 aliphatic carbocycles. The first-order valence-electron chi connectivity index (χ1n) is 2.99. The Morgan fingerprint density at radius 1 is 1.00 bits per heavy atom. The van der Waals surface area contributed by atoms with Gasteiger partial charge in [-0.15, -0.1) is 0 Å². The third-order valence-electron chi connectivity index (χ3n) is 1.46. The van der Waals surface area contributed by atoms with E-state index in [1.54, 1.807) is 0 Å². The van der Waals surface area contributed by atoms with E-state index in [9.17, 15) is 0 Å². The van der Waals surface area contributed by atoms with E-state index in [-0.39, 0.29) is 18.9 Å². The molecule has 1 aromatic carbocycles. The van der Waals surface area contributed by atoms with Crippen molar-refractivity contribution in [2.75, 3.05) is 0 Å². The van der Waals surface area contributed by atoms with Crippen molar-refractivity contribution in [1.82, 2.24) is 4.98 Å². The third-order valence-corrected chi connectivity index (χ3v) is 1.46. The van der Waals surface area contributed by atoms with E-state index < -0.39 is 0 Å². The molecule has 0 bridgehead atoms. The molecule has 0 saturated carbocycles. The summed E-state index contributed by atoms with van der Waals surface area (Å²) in [6, 6.07) is 10.3. The quantitative estimate of drug-likeness (QED) is 0.514. The second-order valence-electron chi connectivity index (χ2n) is 2.06. The topological polar surface area (TPSA) is 15.8 Å². The SMILES string of the molecule is [LiH].c1ccc2[nH]ccc2c1. The minimum Gasteiger partial charge on any atom is -0.361 e. The van der Waals surface area contributed by atoms with Crippen molar-refractivity contribution in [2.45, 2.75) is 0 Å². The van der Waals surface area contributed by atoms with Crippen LogP contribution in [0, 0.1) is 0 Å². The Balaban J connectivity index is 0.000000500. The molecule has 0 fully saturated rings. The van der Waals surface area contributed by atoms with Gasteiger partial charge in [0.1, 0.15) is 0 Å². The molecule has 0 unspecified atom stereocenters. The van der Waals surface area contributed by atoms with Crippen LogP contribution >= 0.6 is 0 Å². The second kappa shape index (κ2) is 2.96. The number of nitrogens with one attached hydrogen (secondary N) is 1. The van der Waals surface area contributed by atoms with Crippen molar-refractivity contribution in [3.05, 3.63) is 36.5 Å². The summed E-state index contributed by atoms with van der Waals surface area (Å²) >= 11 is 0. The number of hydrogen-bond donors (Lipinski definition) is 1. The standard InChI is InChI=1S/C8H7N.Li.H/c1-2-4-8-7(3-1)5-6-9-8;;/h1-6,9H;;. The van der Waals surface area contributed by atoms with Gasteiger partial charge in [-0.25, -0.2) is 0 Å². The second-order valence-corrected chi connectivity index (χ2v) is 2.06. The van der Waals surface area contributed by atoms with E-state index in [0.29, 0.717) is 0 Å². The molecule has 1 nitrogen and oxygen atoms in total. The number of hydrogen-bond acceptors (Lipinski definition) is 0. The number of H-pyrrole nitrogens is 1. The Morgan fingerprint density at radius 2 is 1.80 bits per heavy atom. The molecule has 0 saturated heterocycles. The molecule has 2 heteroatoms. The number of aromatic nitrogens is 1. The monoisotopic (exact) mass is 125 g/mol. The third kappa shape index (κ3) is 1.11. The molecule has 1 N–H and O–H groups in total. The average molecular weight is 125 g/mol. The fourth-order valence-electron chi connectivity index (χ4n) is 0.995. The van der Waals surface area contributed by atoms with E-state index in [2.05, 4.69) is 23.2 Å². The van der Waals surface area contributed by atoms with Crippen LogP contribution < -0.4 is 0 Å². The van der Waals surface area contributed by atoms with E-state index in [1.807, 2.05) is 18.3 Å². The van der Waals surface area contributed by atoms with Crippen LogP contribution in [0.15, 0.2) is 36.5 Å². The van der Waals surface area contributed by atoms with Gasteiger partial charge in [0, 0.05) is 11.7 Å². The molecule has 2 aromatic rings. The van der Waals surface area contributed by atoms with Gasteiger partial charge in [-0.3, -0.25) is 0 Å². The zero-order valence-corrected chi connectivity index (χ0v) is 4.96. The van der Waals surface area contributed by atoms with Crippen LogP contribution in [0.1, 0.15) is 0 Å². The van der Waals surface area contributed by atoms with E-state index in [1.165, 1.54) is 10.9 Å². The summed E-state index contributed by atoms with van der Waals surface area (Å²) in [4.78, 5) is 3.12. The van der Waals surface area contributed by atoms with Gasteiger partial charge in [-0.2, -0.15) is 0 Å². The molecule has 2 rings (SSSR count). The summed E-state index contributed by atoms with van der Waals surface area (Å²) in [5.41, 5.74) is 1.21. The molecule has 1 aromatic heterocycles. The molecule has 10 heavy (non-hydrogen) atoms. The Bertz CT molecular complexity index is 283. The van der Waals surface area contributed by atoms with Crippen molar-refractivity contribution in [3.63, 3.8) is 0 Å². The van der Waals surface area contributed by atoms with E-state index >= 15 is 0 Å². The smallest absolute Gasteiger partial charge is 0.0453 e. The first kappa shape index (κ1) is 7.46. The van der Waals surface area contributed by atoms with Crippen LogP contribution in [0.2, 0.25) is 0 Å². The minimum absolute atomic E-state index is 0. The maximum absolute atomic E-state index is 3.12. The Hall–Kier alpha value is -0.643. The van der Waals surface area contributed by atoms with Gasteiger partial charge >= 0.3 is 18.9 Å². The number of rotatable bonds is 0. The van der Waals surface area contributed by atoms with Crippen LogP contribution in [0.3, 0.4) is 0 Å². The molecule has 0 aliphatic heterocycles. The fraction of sp³-hybridized carbons (Fsp3) is 0. The van der Waals surface area contributed by atoms with Gasteiger partial charge in [-0.1, -0.05) is 18.2 Å². The first-order valence-corrected chi connectivity index (χ1v) is 2.99. The van der Waals surface area contributed by atoms with Gasteiger partial charge in [0.25, 0.3) is 0 Å². The van der Waals surface area contributed by atoms with Gasteiger partial charge in [-0.05, 0) is 17.5 Å². The number of para-hydroxylation sites is 1. The zero-order chi connectivity index (χ0) is 6.10. The molecule has 1 heterocycles. The van der Waals surface area contributed by atoms with Crippen LogP contribution in [0.4, 0.5) is 0 Å². The molecule has 46 valence electrons. The molecule has 0 spiro atoms. The zero-order valence-electron chi connectivity index (χ0n) is 4.96. The van der Waals surface area contributed by atoms with Crippen LogP contribution in [-0.2, 0) is 0 Å². The summed E-state index contributed by atoms with van der Waals surface area (Å²) in [6.45, 7) is 0. The van der Waals surface area contributed by atoms with Crippen molar-refractivity contribution >= 4 is 29.8 Å². The molecule has 0 radical (unpaired) electrons. The molecule has 0 atom stereocenters. The Labute approximate surface area is 71.6 Å². The fourth-order valence-corrected chi connectivity index (χ4v) is 0.995. The van der Waals surface area contributed by atoms with Gasteiger partial charge < -0.3 is 4.98 Å². The number of benzene rings is 1. The summed E-state index contributed by atoms with van der Waals surface area (Å²) < 4.78 is 0. The number of aromatic amines is 1. The minimum atomic E-state index is 0. The van der Waals surface area contributed by atoms with Crippen LogP contribution in [0.5, 0.6) is 0 Å². The van der Waals surface area contributed by atoms with Crippen LogP contribution in [0.25, 0.3) is 10.9 Å². The van der Waals surface area contributed by atoms with Gasteiger partial charge in [0.15, 0.2) is 0 Å². The Kier molecular flexibility index (Phi) is 2.21. The predicted molar refractivity (Wildman–Crippen MR) is 45.4 cm³/mol. The summed E-state index contributed by atoms with van der Waals surface area (Å²) in [5.74, 6) is 0. The van der Waals surface area contributed by atoms with Crippen molar-refractivity contribution in [1.29, 1.82) is 0 Å². The Morgan fingerprint density at radius 3 is 2.60 bits per heavy atom. The van der Waals surface area contributed by atoms with Gasteiger partial charge in [0.2, 0.25) is 0 Å². The van der Waals surface area contributed by atoms with Gasteiger partial charge in [0.05, 0.1) is 0 Å². The van der Waals surface area contributed by atoms with Crippen molar-refractivity contribution in [3.8, 4) is 0 Å². The summed E-state index contributed by atoms with van der Waals surface area (Å²) in [6.07, 6.45) is 1.95. The molecular formula is C8H8LiN. The largest absolute Gasteiger partial charge is 0.361 e. The normalized spacial score (nSPS) is 9.20. The number of fused-ring (bicyclic) bond motifs is 1. The van der Waals surface area contributed by atoms with E-state index in [4.69, 9.17) is 0 Å².